The Hall–Kier alpha value is -2.31. The quantitative estimate of drug-likeness (QED) is 0.771. The van der Waals surface area contributed by atoms with Crippen LogP contribution in [0.2, 0.25) is 0 Å². The summed E-state index contributed by atoms with van der Waals surface area (Å²) in [6.45, 7) is 6.26. The first-order valence-corrected chi connectivity index (χ1v) is 6.89. The summed E-state index contributed by atoms with van der Waals surface area (Å²) < 4.78 is 6.33. The summed E-state index contributed by atoms with van der Waals surface area (Å²) in [5, 5.41) is 5.19. The minimum atomic E-state index is -0.438. The van der Waals surface area contributed by atoms with Crippen LogP contribution in [0.4, 0.5) is 10.5 Å². The molecule has 1 rings (SSSR count). The van der Waals surface area contributed by atoms with Crippen LogP contribution >= 0.6 is 0 Å². The third-order valence-corrected chi connectivity index (χ3v) is 2.84. The van der Waals surface area contributed by atoms with Gasteiger partial charge in [-0.3, -0.25) is 9.59 Å². The lowest BCUT2D eigenvalue weighted by molar-refractivity contribution is -0.147. The fraction of sp³-hybridized carbons (Fsp3) is 0.500. The van der Waals surface area contributed by atoms with Crippen molar-refractivity contribution in [3.63, 3.8) is 0 Å². The van der Waals surface area contributed by atoms with Gasteiger partial charge in [-0.15, -0.1) is 0 Å². The minimum Gasteiger partial charge on any atom is -0.466 e. The van der Waals surface area contributed by atoms with Crippen LogP contribution in [0.3, 0.4) is 0 Å². The van der Waals surface area contributed by atoms with Crippen LogP contribution in [-0.4, -0.2) is 29.7 Å². The molecule has 0 bridgehead atoms. The van der Waals surface area contributed by atoms with Crippen molar-refractivity contribution >= 4 is 17.7 Å². The van der Waals surface area contributed by atoms with E-state index in [0.717, 1.165) is 0 Å². The van der Waals surface area contributed by atoms with Gasteiger partial charge in [-0.1, -0.05) is 6.92 Å². The summed E-state index contributed by atoms with van der Waals surface area (Å²) in [6, 6.07) is 2.48. The second-order valence-electron chi connectivity index (χ2n) is 4.53. The molecule has 0 unspecified atom stereocenters. The molecule has 1 atom stereocenters. The number of aryl methyl sites for hydroxylation is 1. The van der Waals surface area contributed by atoms with Gasteiger partial charge in [-0.2, -0.15) is 0 Å². The number of carbonyl (C=O) groups is 2. The van der Waals surface area contributed by atoms with E-state index in [1.54, 1.807) is 20.0 Å². The molecule has 21 heavy (non-hydrogen) atoms. The van der Waals surface area contributed by atoms with E-state index in [9.17, 15) is 14.4 Å². The standard InChI is InChI=1S/C14H21N3O4/c1-4-17-9-11(6-7-12(17)18)16-14(20)15-8-10(3)13(19)21-5-2/h6-7,9-10H,4-5,8H2,1-3H3,(H2,15,16,20)/t10-/m0/s1. The van der Waals surface area contributed by atoms with E-state index >= 15 is 0 Å². The molecule has 116 valence electrons. The van der Waals surface area contributed by atoms with Gasteiger partial charge in [-0.05, 0) is 19.9 Å². The maximum absolute atomic E-state index is 11.7. The average molecular weight is 295 g/mol. The molecule has 0 aliphatic heterocycles. The number of pyridine rings is 1. The van der Waals surface area contributed by atoms with E-state index in [-0.39, 0.29) is 18.1 Å². The van der Waals surface area contributed by atoms with Gasteiger partial charge >= 0.3 is 12.0 Å². The molecule has 1 heterocycles. The number of ether oxygens (including phenoxy) is 1. The molecule has 0 radical (unpaired) electrons. The Balaban J connectivity index is 2.51. The summed E-state index contributed by atoms with van der Waals surface area (Å²) in [4.78, 5) is 34.5. The molecule has 0 saturated heterocycles. The van der Waals surface area contributed by atoms with Crippen LogP contribution in [0.15, 0.2) is 23.1 Å². The van der Waals surface area contributed by atoms with E-state index in [2.05, 4.69) is 10.6 Å². The van der Waals surface area contributed by atoms with Gasteiger partial charge in [0.25, 0.3) is 5.56 Å². The van der Waals surface area contributed by atoms with Crippen LogP contribution in [0.1, 0.15) is 20.8 Å². The molecule has 0 fully saturated rings. The minimum absolute atomic E-state index is 0.126. The van der Waals surface area contributed by atoms with Crippen LogP contribution < -0.4 is 16.2 Å². The monoisotopic (exact) mass is 295 g/mol. The first-order valence-electron chi connectivity index (χ1n) is 6.89. The van der Waals surface area contributed by atoms with Gasteiger partial charge in [-0.25, -0.2) is 4.79 Å². The Labute approximate surface area is 123 Å². The molecule has 0 saturated carbocycles. The Morgan fingerprint density at radius 3 is 2.67 bits per heavy atom. The number of urea groups is 1. The Bertz CT molecular complexity index is 553. The molecule has 7 heteroatoms. The number of anilines is 1. The van der Waals surface area contributed by atoms with E-state index in [1.807, 2.05) is 6.92 Å². The predicted molar refractivity (Wildman–Crippen MR) is 79.2 cm³/mol. The van der Waals surface area contributed by atoms with Crippen LogP contribution in [0.5, 0.6) is 0 Å². The largest absolute Gasteiger partial charge is 0.466 e. The molecule has 7 nitrogen and oxygen atoms in total. The number of rotatable bonds is 6. The van der Waals surface area contributed by atoms with Gasteiger partial charge in [0.2, 0.25) is 0 Å². The highest BCUT2D eigenvalue weighted by Crippen LogP contribution is 2.03. The number of carbonyl (C=O) groups excluding carboxylic acids is 2. The summed E-state index contributed by atoms with van der Waals surface area (Å²) in [7, 11) is 0. The first-order chi connectivity index (χ1) is 9.97. The number of hydrogen-bond donors (Lipinski definition) is 2. The highest BCUT2D eigenvalue weighted by molar-refractivity contribution is 5.89. The lowest BCUT2D eigenvalue weighted by Gasteiger charge is -2.12. The summed E-state index contributed by atoms with van der Waals surface area (Å²) in [5.41, 5.74) is 0.386. The fourth-order valence-electron chi connectivity index (χ4n) is 1.64. The van der Waals surface area contributed by atoms with Gasteiger partial charge in [0, 0.05) is 25.4 Å². The second-order valence-corrected chi connectivity index (χ2v) is 4.53. The molecule has 1 aromatic rings. The van der Waals surface area contributed by atoms with Gasteiger partial charge in [0.15, 0.2) is 0 Å². The van der Waals surface area contributed by atoms with Gasteiger partial charge < -0.3 is 19.9 Å². The van der Waals surface area contributed by atoms with E-state index in [0.29, 0.717) is 18.8 Å². The van der Waals surface area contributed by atoms with Crippen molar-refractivity contribution in [1.82, 2.24) is 9.88 Å². The number of hydrogen-bond acceptors (Lipinski definition) is 4. The average Bonchev–Trinajstić information content (AvgIpc) is 2.47. The smallest absolute Gasteiger partial charge is 0.319 e. The lowest BCUT2D eigenvalue weighted by Crippen LogP contribution is -2.35. The number of esters is 1. The third-order valence-electron chi connectivity index (χ3n) is 2.84. The molecule has 2 amide bonds. The topological polar surface area (TPSA) is 89.4 Å². The van der Waals surface area contributed by atoms with Crippen molar-refractivity contribution in [2.45, 2.75) is 27.3 Å². The van der Waals surface area contributed by atoms with Crippen molar-refractivity contribution in [2.24, 2.45) is 5.92 Å². The summed E-state index contributed by atoms with van der Waals surface area (Å²) in [5.74, 6) is -0.766. The van der Waals surface area contributed by atoms with Crippen molar-refractivity contribution in [3.05, 3.63) is 28.7 Å². The van der Waals surface area contributed by atoms with Crippen molar-refractivity contribution < 1.29 is 14.3 Å². The highest BCUT2D eigenvalue weighted by atomic mass is 16.5. The van der Waals surface area contributed by atoms with Gasteiger partial charge in [0.1, 0.15) is 0 Å². The number of amides is 2. The number of nitrogens with one attached hydrogen (secondary N) is 2. The predicted octanol–water partition coefficient (Wildman–Crippen LogP) is 1.19. The zero-order valence-electron chi connectivity index (χ0n) is 12.5. The zero-order chi connectivity index (χ0) is 15.8. The number of aromatic nitrogens is 1. The molecule has 1 aromatic heterocycles. The molecule has 0 spiro atoms. The lowest BCUT2D eigenvalue weighted by atomic mass is 10.2. The Morgan fingerprint density at radius 1 is 1.33 bits per heavy atom. The fourth-order valence-corrected chi connectivity index (χ4v) is 1.64. The van der Waals surface area contributed by atoms with Gasteiger partial charge in [0.05, 0.1) is 18.2 Å². The Kier molecular flexibility index (Phi) is 6.45. The molecular weight excluding hydrogens is 274 g/mol. The van der Waals surface area contributed by atoms with E-state index in [4.69, 9.17) is 4.74 Å². The van der Waals surface area contributed by atoms with E-state index < -0.39 is 11.9 Å². The van der Waals surface area contributed by atoms with Crippen molar-refractivity contribution in [1.29, 1.82) is 0 Å². The highest BCUT2D eigenvalue weighted by Gasteiger charge is 2.14. The van der Waals surface area contributed by atoms with E-state index in [1.165, 1.54) is 16.7 Å². The molecular formula is C14H21N3O4. The maximum Gasteiger partial charge on any atom is 0.319 e. The SMILES string of the molecule is CCOC(=O)[C@@H](C)CNC(=O)Nc1ccc(=O)n(CC)c1. The third kappa shape index (κ3) is 5.29. The number of nitrogens with zero attached hydrogens (tertiary/aromatic N) is 1. The van der Waals surface area contributed by atoms with Crippen LogP contribution in [0.25, 0.3) is 0 Å². The first kappa shape index (κ1) is 16.7. The summed E-state index contributed by atoms with van der Waals surface area (Å²) in [6.07, 6.45) is 1.57. The normalized spacial score (nSPS) is 11.6. The zero-order valence-corrected chi connectivity index (χ0v) is 12.5. The molecule has 0 aliphatic carbocycles. The molecule has 0 aromatic carbocycles. The van der Waals surface area contributed by atoms with Crippen LogP contribution in [-0.2, 0) is 16.1 Å². The maximum atomic E-state index is 11.7. The summed E-state index contributed by atoms with van der Waals surface area (Å²) >= 11 is 0. The van der Waals surface area contributed by atoms with Crippen LogP contribution in [0, 0.1) is 5.92 Å². The van der Waals surface area contributed by atoms with Crippen molar-refractivity contribution in [3.8, 4) is 0 Å². The molecule has 0 aliphatic rings. The Morgan fingerprint density at radius 2 is 2.05 bits per heavy atom. The second kappa shape index (κ2) is 8.08. The van der Waals surface area contributed by atoms with Crippen molar-refractivity contribution in [2.75, 3.05) is 18.5 Å². The molecule has 2 N–H and O–H groups in total.